The molecule has 2 heterocycles. The summed E-state index contributed by atoms with van der Waals surface area (Å²) in [6.07, 6.45) is 2.71. The first-order valence-electron chi connectivity index (χ1n) is 4.12. The van der Waals surface area contributed by atoms with Crippen molar-refractivity contribution in [2.24, 2.45) is 5.41 Å². The standard InChI is InChI=1S/C7H14N2S2/c10-11-9-3-1-7(2-4-9)5-8-6-7/h8,10H,1-6H2. The van der Waals surface area contributed by atoms with Crippen LogP contribution in [-0.4, -0.2) is 30.5 Å². The van der Waals surface area contributed by atoms with Crippen molar-refractivity contribution in [3.8, 4) is 0 Å². The molecule has 2 nitrogen and oxygen atoms in total. The van der Waals surface area contributed by atoms with Crippen molar-refractivity contribution in [1.82, 2.24) is 9.62 Å². The van der Waals surface area contributed by atoms with Gasteiger partial charge in [0, 0.05) is 26.2 Å². The van der Waals surface area contributed by atoms with E-state index < -0.39 is 0 Å². The van der Waals surface area contributed by atoms with Gasteiger partial charge in [0.05, 0.1) is 0 Å². The summed E-state index contributed by atoms with van der Waals surface area (Å²) < 4.78 is 2.34. The molecule has 0 unspecified atom stereocenters. The van der Waals surface area contributed by atoms with E-state index in [1.165, 1.54) is 39.0 Å². The van der Waals surface area contributed by atoms with E-state index >= 15 is 0 Å². The highest BCUT2D eigenvalue weighted by Crippen LogP contribution is 2.37. The number of rotatable bonds is 1. The van der Waals surface area contributed by atoms with Crippen molar-refractivity contribution < 1.29 is 0 Å². The molecule has 0 saturated carbocycles. The zero-order valence-corrected chi connectivity index (χ0v) is 8.26. The zero-order valence-electron chi connectivity index (χ0n) is 6.55. The lowest BCUT2D eigenvalue weighted by Crippen LogP contribution is -2.57. The van der Waals surface area contributed by atoms with Crippen molar-refractivity contribution in [2.45, 2.75) is 12.8 Å². The summed E-state index contributed by atoms with van der Waals surface area (Å²) in [6.45, 7) is 4.93. The Labute approximate surface area is 77.0 Å². The zero-order chi connectivity index (χ0) is 7.73. The van der Waals surface area contributed by atoms with Gasteiger partial charge in [0.1, 0.15) is 0 Å². The Balaban J connectivity index is 1.84. The van der Waals surface area contributed by atoms with Crippen LogP contribution in [0, 0.1) is 5.41 Å². The molecule has 2 fully saturated rings. The van der Waals surface area contributed by atoms with Crippen LogP contribution in [0.25, 0.3) is 0 Å². The van der Waals surface area contributed by atoms with Crippen LogP contribution in [0.4, 0.5) is 0 Å². The predicted octanol–water partition coefficient (Wildman–Crippen LogP) is 1.16. The molecule has 64 valence electrons. The second-order valence-corrected chi connectivity index (χ2v) is 4.78. The van der Waals surface area contributed by atoms with Gasteiger partial charge in [-0.3, -0.25) is 0 Å². The first-order chi connectivity index (χ1) is 5.35. The molecule has 2 aliphatic rings. The second kappa shape index (κ2) is 3.17. The lowest BCUT2D eigenvalue weighted by Gasteiger charge is -2.47. The third-order valence-corrected chi connectivity index (χ3v) is 4.19. The fourth-order valence-electron chi connectivity index (χ4n) is 1.87. The minimum absolute atomic E-state index is 0.681. The Morgan fingerprint density at radius 1 is 1.27 bits per heavy atom. The minimum Gasteiger partial charge on any atom is -0.316 e. The maximum atomic E-state index is 4.19. The first kappa shape index (κ1) is 8.23. The summed E-state index contributed by atoms with van der Waals surface area (Å²) in [7, 11) is 1.59. The van der Waals surface area contributed by atoms with Gasteiger partial charge < -0.3 is 5.32 Å². The summed E-state index contributed by atoms with van der Waals surface area (Å²) >= 11 is 4.19. The smallest absolute Gasteiger partial charge is 0.0103 e. The van der Waals surface area contributed by atoms with Gasteiger partial charge in [0.25, 0.3) is 0 Å². The molecule has 2 rings (SSSR count). The second-order valence-electron chi connectivity index (χ2n) is 3.61. The molecule has 11 heavy (non-hydrogen) atoms. The van der Waals surface area contributed by atoms with Crippen molar-refractivity contribution in [3.63, 3.8) is 0 Å². The van der Waals surface area contributed by atoms with Gasteiger partial charge in [0.15, 0.2) is 0 Å². The van der Waals surface area contributed by atoms with Crippen LogP contribution in [0.3, 0.4) is 0 Å². The normalized spacial score (nSPS) is 30.3. The first-order valence-corrected chi connectivity index (χ1v) is 5.94. The van der Waals surface area contributed by atoms with Crippen LogP contribution in [0.15, 0.2) is 0 Å². The van der Waals surface area contributed by atoms with Crippen LogP contribution in [-0.2, 0) is 0 Å². The van der Waals surface area contributed by atoms with Crippen molar-refractivity contribution >= 4 is 22.6 Å². The molecule has 1 spiro atoms. The maximum Gasteiger partial charge on any atom is 0.0103 e. The molecular formula is C7H14N2S2. The molecule has 1 N–H and O–H groups in total. The van der Waals surface area contributed by atoms with Gasteiger partial charge in [-0.1, -0.05) is 11.7 Å². The molecule has 2 aliphatic heterocycles. The summed E-state index contributed by atoms with van der Waals surface area (Å²) in [5.74, 6) is 0. The molecule has 0 bridgehead atoms. The molecule has 0 atom stereocenters. The molecule has 0 radical (unpaired) electrons. The van der Waals surface area contributed by atoms with E-state index in [1.807, 2.05) is 0 Å². The van der Waals surface area contributed by atoms with Gasteiger partial charge in [-0.15, -0.1) is 0 Å². The van der Waals surface area contributed by atoms with Crippen molar-refractivity contribution in [1.29, 1.82) is 0 Å². The van der Waals surface area contributed by atoms with E-state index in [4.69, 9.17) is 0 Å². The van der Waals surface area contributed by atoms with E-state index in [2.05, 4.69) is 21.3 Å². The molecule has 0 aliphatic carbocycles. The van der Waals surface area contributed by atoms with Gasteiger partial charge in [-0.2, -0.15) is 0 Å². The van der Waals surface area contributed by atoms with E-state index in [0.29, 0.717) is 5.41 Å². The summed E-state index contributed by atoms with van der Waals surface area (Å²) in [6, 6.07) is 0. The Morgan fingerprint density at radius 2 is 1.91 bits per heavy atom. The van der Waals surface area contributed by atoms with E-state index in [9.17, 15) is 0 Å². The Kier molecular flexibility index (Phi) is 2.37. The highest BCUT2D eigenvalue weighted by Gasteiger charge is 2.39. The van der Waals surface area contributed by atoms with Crippen LogP contribution < -0.4 is 5.32 Å². The van der Waals surface area contributed by atoms with Gasteiger partial charge in [-0.05, 0) is 29.2 Å². The number of nitrogens with zero attached hydrogens (tertiary/aromatic N) is 1. The highest BCUT2D eigenvalue weighted by atomic mass is 33.1. The molecule has 0 aromatic carbocycles. The van der Waals surface area contributed by atoms with Gasteiger partial charge >= 0.3 is 0 Å². The third kappa shape index (κ3) is 1.54. The van der Waals surface area contributed by atoms with Crippen molar-refractivity contribution in [2.75, 3.05) is 26.2 Å². The average molecular weight is 190 g/mol. The largest absolute Gasteiger partial charge is 0.316 e. The number of nitrogens with one attached hydrogen (secondary N) is 1. The summed E-state index contributed by atoms with van der Waals surface area (Å²) in [5, 5.41) is 3.36. The fourth-order valence-corrected chi connectivity index (χ4v) is 2.71. The monoisotopic (exact) mass is 190 g/mol. The molecule has 0 aromatic heterocycles. The molecule has 4 heteroatoms. The van der Waals surface area contributed by atoms with E-state index in [-0.39, 0.29) is 0 Å². The van der Waals surface area contributed by atoms with Crippen molar-refractivity contribution in [3.05, 3.63) is 0 Å². The van der Waals surface area contributed by atoms with Crippen LogP contribution in [0.1, 0.15) is 12.8 Å². The number of piperidine rings is 1. The lowest BCUT2D eigenvalue weighted by molar-refractivity contribution is 0.0912. The quantitative estimate of drug-likeness (QED) is 0.367. The molecule has 2 saturated heterocycles. The Hall–Kier alpha value is 0.620. The van der Waals surface area contributed by atoms with Crippen LogP contribution in [0.2, 0.25) is 0 Å². The number of hydrogen-bond donors (Lipinski definition) is 2. The Morgan fingerprint density at radius 3 is 2.27 bits per heavy atom. The fraction of sp³-hybridized carbons (Fsp3) is 1.00. The Bertz CT molecular complexity index is 137. The van der Waals surface area contributed by atoms with Gasteiger partial charge in [0.2, 0.25) is 0 Å². The minimum atomic E-state index is 0.681. The summed E-state index contributed by atoms with van der Waals surface area (Å²) in [4.78, 5) is 0. The highest BCUT2D eigenvalue weighted by molar-refractivity contribution is 8.67. The molecular weight excluding hydrogens is 176 g/mol. The number of thiol groups is 1. The van der Waals surface area contributed by atoms with Crippen LogP contribution >= 0.6 is 22.6 Å². The molecule has 0 aromatic rings. The average Bonchev–Trinajstić information content (AvgIpc) is 2.02. The van der Waals surface area contributed by atoms with Crippen LogP contribution in [0.5, 0.6) is 0 Å². The predicted molar refractivity (Wildman–Crippen MR) is 52.7 cm³/mol. The van der Waals surface area contributed by atoms with E-state index in [0.717, 1.165) is 0 Å². The lowest BCUT2D eigenvalue weighted by atomic mass is 9.74. The SMILES string of the molecule is SSN1CCC2(CC1)CNC2. The molecule has 0 amide bonds. The third-order valence-electron chi connectivity index (χ3n) is 2.90. The summed E-state index contributed by atoms with van der Waals surface area (Å²) in [5.41, 5.74) is 0.681. The number of hydrogen-bond acceptors (Lipinski definition) is 4. The van der Waals surface area contributed by atoms with Gasteiger partial charge in [-0.25, -0.2) is 4.31 Å². The maximum absolute atomic E-state index is 4.19. The van der Waals surface area contributed by atoms with E-state index in [1.54, 1.807) is 11.0 Å². The topological polar surface area (TPSA) is 15.3 Å².